The van der Waals surface area contributed by atoms with Gasteiger partial charge in [-0.2, -0.15) is 11.8 Å². The Morgan fingerprint density at radius 3 is 2.83 bits per heavy atom. The first-order valence-electron chi connectivity index (χ1n) is 7.18. The molecule has 0 amide bonds. The summed E-state index contributed by atoms with van der Waals surface area (Å²) in [6, 6.07) is 2.24. The fraction of sp³-hybridized carbons (Fsp3) is 0.733. The topological polar surface area (TPSA) is 17.0 Å². The first-order valence-corrected chi connectivity index (χ1v) is 8.41. The van der Waals surface area contributed by atoms with Crippen molar-refractivity contribution in [2.24, 2.45) is 0 Å². The molecule has 3 heteroatoms. The highest BCUT2D eigenvalue weighted by atomic mass is 32.2. The molecule has 0 spiro atoms. The fourth-order valence-electron chi connectivity index (χ4n) is 2.90. The molecule has 18 heavy (non-hydrogen) atoms. The van der Waals surface area contributed by atoms with E-state index in [0.29, 0.717) is 4.75 Å². The van der Waals surface area contributed by atoms with E-state index in [9.17, 15) is 0 Å². The molecular formula is C15H26N2S. The maximum absolute atomic E-state index is 3.66. The zero-order valence-corrected chi connectivity index (χ0v) is 12.6. The molecule has 1 fully saturated rings. The maximum Gasteiger partial charge on any atom is 0.0281 e. The molecule has 1 saturated carbocycles. The minimum Gasteiger partial charge on any atom is -0.354 e. The van der Waals surface area contributed by atoms with Crippen molar-refractivity contribution in [3.05, 3.63) is 24.0 Å². The lowest BCUT2D eigenvalue weighted by Gasteiger charge is -2.27. The van der Waals surface area contributed by atoms with Crippen molar-refractivity contribution in [1.29, 1.82) is 0 Å². The SMILES string of the molecule is CCCn1ccc(CNCC2(SC)CCCC2)c1. The first kappa shape index (κ1) is 14.0. The third-order valence-electron chi connectivity index (χ3n) is 4.02. The highest BCUT2D eigenvalue weighted by Crippen LogP contribution is 2.39. The van der Waals surface area contributed by atoms with Gasteiger partial charge in [-0.15, -0.1) is 0 Å². The third kappa shape index (κ3) is 3.55. The van der Waals surface area contributed by atoms with Crippen LogP contribution in [0.5, 0.6) is 0 Å². The zero-order chi connectivity index (χ0) is 12.8. The monoisotopic (exact) mass is 266 g/mol. The van der Waals surface area contributed by atoms with Gasteiger partial charge in [0.1, 0.15) is 0 Å². The third-order valence-corrected chi connectivity index (χ3v) is 5.44. The summed E-state index contributed by atoms with van der Waals surface area (Å²) in [6.07, 6.45) is 13.5. The zero-order valence-electron chi connectivity index (χ0n) is 11.7. The second kappa shape index (κ2) is 6.67. The molecule has 1 heterocycles. The van der Waals surface area contributed by atoms with E-state index in [1.165, 1.54) is 37.7 Å². The van der Waals surface area contributed by atoms with Crippen LogP contribution in [0.4, 0.5) is 0 Å². The predicted molar refractivity (Wildman–Crippen MR) is 81.1 cm³/mol. The van der Waals surface area contributed by atoms with Gasteiger partial charge in [-0.05, 0) is 37.1 Å². The Hall–Kier alpha value is -0.410. The number of nitrogens with one attached hydrogen (secondary N) is 1. The van der Waals surface area contributed by atoms with Gasteiger partial charge in [0.25, 0.3) is 0 Å². The van der Waals surface area contributed by atoms with Crippen LogP contribution < -0.4 is 5.32 Å². The van der Waals surface area contributed by atoms with Crippen LogP contribution in [-0.2, 0) is 13.1 Å². The van der Waals surface area contributed by atoms with Crippen LogP contribution in [-0.4, -0.2) is 22.1 Å². The Bertz CT molecular complexity index is 353. The minimum atomic E-state index is 0.520. The second-order valence-corrected chi connectivity index (χ2v) is 6.73. The maximum atomic E-state index is 3.66. The number of rotatable bonds is 7. The number of hydrogen-bond donors (Lipinski definition) is 1. The molecule has 102 valence electrons. The average molecular weight is 266 g/mol. The molecule has 0 aromatic carbocycles. The summed E-state index contributed by atoms with van der Waals surface area (Å²) in [5, 5.41) is 3.66. The highest BCUT2D eigenvalue weighted by Gasteiger charge is 2.32. The van der Waals surface area contributed by atoms with E-state index in [0.717, 1.165) is 19.6 Å². The predicted octanol–water partition coefficient (Wildman–Crippen LogP) is 3.66. The Balaban J connectivity index is 1.76. The summed E-state index contributed by atoms with van der Waals surface area (Å²) in [6.45, 7) is 5.53. The summed E-state index contributed by atoms with van der Waals surface area (Å²) < 4.78 is 2.81. The quantitative estimate of drug-likeness (QED) is 0.811. The molecule has 0 unspecified atom stereocenters. The van der Waals surface area contributed by atoms with Crippen molar-refractivity contribution < 1.29 is 0 Å². The molecule has 2 nitrogen and oxygen atoms in total. The highest BCUT2D eigenvalue weighted by molar-refractivity contribution is 8.00. The Morgan fingerprint density at radius 1 is 1.39 bits per heavy atom. The number of aromatic nitrogens is 1. The van der Waals surface area contributed by atoms with Crippen LogP contribution in [0.3, 0.4) is 0 Å². The second-order valence-electron chi connectivity index (χ2n) is 5.46. The van der Waals surface area contributed by atoms with E-state index in [2.05, 4.69) is 53.3 Å². The Kier molecular flexibility index (Phi) is 5.19. The van der Waals surface area contributed by atoms with Gasteiger partial charge in [0.05, 0.1) is 0 Å². The molecule has 0 radical (unpaired) electrons. The van der Waals surface area contributed by atoms with Gasteiger partial charge in [0.15, 0.2) is 0 Å². The van der Waals surface area contributed by atoms with Gasteiger partial charge in [-0.1, -0.05) is 19.8 Å². The molecule has 1 aliphatic rings. The lowest BCUT2D eigenvalue weighted by molar-refractivity contribution is 0.533. The number of aryl methyl sites for hydroxylation is 1. The number of hydrogen-bond acceptors (Lipinski definition) is 2. The van der Waals surface area contributed by atoms with Crippen LogP contribution in [0, 0.1) is 0 Å². The van der Waals surface area contributed by atoms with Gasteiger partial charge in [-0.3, -0.25) is 0 Å². The normalized spacial score (nSPS) is 18.3. The molecule has 0 saturated heterocycles. The van der Waals surface area contributed by atoms with Crippen molar-refractivity contribution in [3.8, 4) is 0 Å². The fourth-order valence-corrected chi connectivity index (χ4v) is 3.84. The lowest BCUT2D eigenvalue weighted by Crippen LogP contribution is -2.34. The van der Waals surface area contributed by atoms with Crippen molar-refractivity contribution in [2.75, 3.05) is 12.8 Å². The molecule has 1 aromatic heterocycles. The van der Waals surface area contributed by atoms with E-state index in [1.807, 2.05) is 0 Å². The van der Waals surface area contributed by atoms with E-state index in [4.69, 9.17) is 0 Å². The summed E-state index contributed by atoms with van der Waals surface area (Å²) in [7, 11) is 0. The van der Waals surface area contributed by atoms with E-state index in [-0.39, 0.29) is 0 Å². The smallest absolute Gasteiger partial charge is 0.0281 e. The van der Waals surface area contributed by atoms with Gasteiger partial charge >= 0.3 is 0 Å². The molecule has 1 N–H and O–H groups in total. The standard InChI is InChI=1S/C15H26N2S/c1-3-9-17-10-6-14(12-17)11-16-13-15(18-2)7-4-5-8-15/h6,10,12,16H,3-5,7-9,11,13H2,1-2H3. The van der Waals surface area contributed by atoms with Crippen LogP contribution >= 0.6 is 11.8 Å². The first-order chi connectivity index (χ1) is 8.78. The largest absolute Gasteiger partial charge is 0.354 e. The van der Waals surface area contributed by atoms with Gasteiger partial charge in [0.2, 0.25) is 0 Å². The molecular weight excluding hydrogens is 240 g/mol. The van der Waals surface area contributed by atoms with Crippen LogP contribution in [0.2, 0.25) is 0 Å². The Labute approximate surface area is 116 Å². The minimum absolute atomic E-state index is 0.520. The van der Waals surface area contributed by atoms with Crippen molar-refractivity contribution in [1.82, 2.24) is 9.88 Å². The van der Waals surface area contributed by atoms with E-state index < -0.39 is 0 Å². The molecule has 0 bridgehead atoms. The Morgan fingerprint density at radius 2 is 2.17 bits per heavy atom. The summed E-state index contributed by atoms with van der Waals surface area (Å²) in [4.78, 5) is 0. The van der Waals surface area contributed by atoms with Crippen molar-refractivity contribution >= 4 is 11.8 Å². The van der Waals surface area contributed by atoms with E-state index >= 15 is 0 Å². The average Bonchev–Trinajstić information content (AvgIpc) is 3.00. The molecule has 1 aliphatic carbocycles. The number of thioether (sulfide) groups is 1. The molecule has 0 atom stereocenters. The van der Waals surface area contributed by atoms with E-state index in [1.54, 1.807) is 0 Å². The van der Waals surface area contributed by atoms with Gasteiger partial charge < -0.3 is 9.88 Å². The summed E-state index contributed by atoms with van der Waals surface area (Å²) in [5.74, 6) is 0. The summed E-state index contributed by atoms with van der Waals surface area (Å²) in [5.41, 5.74) is 1.41. The van der Waals surface area contributed by atoms with Gasteiger partial charge in [-0.25, -0.2) is 0 Å². The van der Waals surface area contributed by atoms with Crippen LogP contribution in [0.1, 0.15) is 44.6 Å². The summed E-state index contributed by atoms with van der Waals surface area (Å²) >= 11 is 2.06. The van der Waals surface area contributed by atoms with Crippen molar-refractivity contribution in [2.45, 2.75) is 56.9 Å². The van der Waals surface area contributed by atoms with Crippen LogP contribution in [0.25, 0.3) is 0 Å². The molecule has 2 rings (SSSR count). The number of nitrogens with zero attached hydrogens (tertiary/aromatic N) is 1. The lowest BCUT2D eigenvalue weighted by atomic mass is 10.1. The van der Waals surface area contributed by atoms with Gasteiger partial charge in [0, 0.05) is 36.8 Å². The molecule has 1 aromatic rings. The van der Waals surface area contributed by atoms with Crippen molar-refractivity contribution in [3.63, 3.8) is 0 Å². The molecule has 0 aliphatic heterocycles. The van der Waals surface area contributed by atoms with Crippen LogP contribution in [0.15, 0.2) is 18.5 Å².